The molecule has 0 heterocycles. The van der Waals surface area contributed by atoms with Crippen LogP contribution >= 0.6 is 0 Å². The van der Waals surface area contributed by atoms with Gasteiger partial charge in [0.15, 0.2) is 0 Å². The van der Waals surface area contributed by atoms with Crippen molar-refractivity contribution in [1.82, 2.24) is 16.1 Å². The van der Waals surface area contributed by atoms with Crippen LogP contribution in [-0.4, -0.2) is 135 Å². The largest absolute Gasteiger partial charge is 0.465 e. The number of azide groups is 1. The molecule has 19 nitrogen and oxygen atoms in total. The van der Waals surface area contributed by atoms with Crippen molar-refractivity contribution < 1.29 is 52.3 Å². The van der Waals surface area contributed by atoms with Gasteiger partial charge in [0.1, 0.15) is 12.1 Å². The van der Waals surface area contributed by atoms with Crippen LogP contribution in [0, 0.1) is 5.92 Å². The van der Waals surface area contributed by atoms with E-state index in [0.717, 1.165) is 0 Å². The Kier molecular flexibility index (Phi) is 28.1. The van der Waals surface area contributed by atoms with Crippen molar-refractivity contribution in [3.8, 4) is 0 Å². The highest BCUT2D eigenvalue weighted by Gasteiger charge is 2.28. The van der Waals surface area contributed by atoms with Gasteiger partial charge in [0.25, 0.3) is 0 Å². The van der Waals surface area contributed by atoms with Gasteiger partial charge < -0.3 is 49.1 Å². The van der Waals surface area contributed by atoms with Crippen LogP contribution in [0.25, 0.3) is 10.4 Å². The number of nitrogens with one attached hydrogen (secondary N) is 4. The van der Waals surface area contributed by atoms with Gasteiger partial charge in [0.2, 0.25) is 17.7 Å². The van der Waals surface area contributed by atoms with Gasteiger partial charge in [-0.3, -0.25) is 25.7 Å². The van der Waals surface area contributed by atoms with Gasteiger partial charge in [-0.1, -0.05) is 19.0 Å². The third kappa shape index (κ3) is 24.1. The molecular formula is C34H58N8O11. The number of esters is 1. The number of nitrogens with zero attached hydrogens (tertiary/aromatic N) is 3. The second-order valence-electron chi connectivity index (χ2n) is 11.7. The summed E-state index contributed by atoms with van der Waals surface area (Å²) in [5, 5.41) is 11.7. The van der Waals surface area contributed by atoms with E-state index in [1.54, 1.807) is 26.0 Å². The number of hydrogen-bond donors (Lipinski definition) is 5. The van der Waals surface area contributed by atoms with Crippen LogP contribution in [0.5, 0.6) is 0 Å². The van der Waals surface area contributed by atoms with Crippen molar-refractivity contribution in [3.63, 3.8) is 0 Å². The normalized spacial score (nSPS) is 12.1. The molecule has 0 aromatic heterocycles. The molecule has 19 heteroatoms. The van der Waals surface area contributed by atoms with Gasteiger partial charge in [-0.2, -0.15) is 0 Å². The molecule has 53 heavy (non-hydrogen) atoms. The SMILES string of the molecule is COC(=O)c1ccc(NC(=O)[C@H](CCCCNN)NC(=O)[C@@H](NC(=O)CCOCCOCCOCCOCCOCCOCCN=[N+]=[N-])C(C)C)cc1. The number of benzene rings is 1. The summed E-state index contributed by atoms with van der Waals surface area (Å²) in [5.41, 5.74) is 11.5. The topological polar surface area (TPSA) is 256 Å². The van der Waals surface area contributed by atoms with E-state index in [1.165, 1.54) is 19.2 Å². The van der Waals surface area contributed by atoms with Gasteiger partial charge >= 0.3 is 5.97 Å². The third-order valence-electron chi connectivity index (χ3n) is 7.27. The van der Waals surface area contributed by atoms with Gasteiger partial charge in [0, 0.05) is 30.1 Å². The standard InChI is InChI=1S/C34H58N8O11/c1-26(2)31(33(45)40-29(6-4-5-12-37-35)32(44)39-28-9-7-27(8-10-28)34(46)47-3)41-30(43)11-14-48-16-18-50-20-22-52-24-25-53-23-21-51-19-17-49-15-13-38-42-36/h7-10,26,29,31,37H,4-6,11-25,35H2,1-3H3,(H,39,44)(H,40,45)(H,41,43)/t29-,31-/m0/s1. The van der Waals surface area contributed by atoms with Gasteiger partial charge in [-0.15, -0.1) is 0 Å². The Bertz CT molecular complexity index is 1200. The maximum Gasteiger partial charge on any atom is 0.337 e. The molecule has 0 aliphatic heterocycles. The lowest BCUT2D eigenvalue weighted by Crippen LogP contribution is -2.54. The van der Waals surface area contributed by atoms with Crippen molar-refractivity contribution in [1.29, 1.82) is 0 Å². The second-order valence-corrected chi connectivity index (χ2v) is 11.7. The Morgan fingerprint density at radius 3 is 1.77 bits per heavy atom. The minimum absolute atomic E-state index is 0.0366. The molecule has 0 aliphatic carbocycles. The molecule has 0 saturated heterocycles. The van der Waals surface area contributed by atoms with Gasteiger partial charge in [0.05, 0.1) is 92.0 Å². The highest BCUT2D eigenvalue weighted by atomic mass is 16.6. The lowest BCUT2D eigenvalue weighted by molar-refractivity contribution is -0.132. The Balaban J connectivity index is 2.28. The zero-order valence-electron chi connectivity index (χ0n) is 31.2. The summed E-state index contributed by atoms with van der Waals surface area (Å²) in [6, 6.07) is 4.43. The highest BCUT2D eigenvalue weighted by molar-refractivity contribution is 5.99. The van der Waals surface area contributed by atoms with Crippen LogP contribution in [0.3, 0.4) is 0 Å². The van der Waals surface area contributed by atoms with Crippen LogP contribution in [0.4, 0.5) is 5.69 Å². The Morgan fingerprint density at radius 2 is 1.28 bits per heavy atom. The number of carbonyl (C=O) groups excluding carboxylic acids is 4. The van der Waals surface area contributed by atoms with Gasteiger partial charge in [-0.05, 0) is 55.0 Å². The lowest BCUT2D eigenvalue weighted by Gasteiger charge is -2.25. The van der Waals surface area contributed by atoms with Crippen LogP contribution in [0.2, 0.25) is 0 Å². The maximum absolute atomic E-state index is 13.3. The number of anilines is 1. The molecule has 1 rings (SSSR count). The Hall–Kier alpha value is -3.91. The average molecular weight is 755 g/mol. The van der Waals surface area contributed by atoms with Crippen LogP contribution in [0.15, 0.2) is 29.4 Å². The monoisotopic (exact) mass is 754 g/mol. The quantitative estimate of drug-likeness (QED) is 0.0130. The lowest BCUT2D eigenvalue weighted by atomic mass is 10.0. The van der Waals surface area contributed by atoms with Crippen molar-refractivity contribution in [3.05, 3.63) is 40.3 Å². The fraction of sp³-hybridized carbons (Fsp3) is 0.706. The first-order valence-electron chi connectivity index (χ1n) is 17.7. The molecule has 0 radical (unpaired) electrons. The molecule has 0 saturated carbocycles. The van der Waals surface area contributed by atoms with Crippen LogP contribution in [-0.2, 0) is 47.5 Å². The molecule has 0 aliphatic rings. The highest BCUT2D eigenvalue weighted by Crippen LogP contribution is 2.13. The zero-order valence-corrected chi connectivity index (χ0v) is 31.2. The number of unbranched alkanes of at least 4 members (excludes halogenated alkanes) is 1. The first kappa shape index (κ1) is 47.1. The zero-order chi connectivity index (χ0) is 38.9. The van der Waals surface area contributed by atoms with Crippen LogP contribution < -0.4 is 27.2 Å². The molecule has 0 spiro atoms. The number of amides is 3. The molecule has 3 amide bonds. The molecule has 2 atom stereocenters. The Morgan fingerprint density at radius 1 is 0.755 bits per heavy atom. The van der Waals surface area contributed by atoms with E-state index in [2.05, 4.69) is 31.4 Å². The van der Waals surface area contributed by atoms with E-state index >= 15 is 0 Å². The first-order valence-corrected chi connectivity index (χ1v) is 17.7. The molecule has 300 valence electrons. The number of methoxy groups -OCH3 is 1. The summed E-state index contributed by atoms with van der Waals surface area (Å²) in [5.74, 6) is 3.32. The first-order chi connectivity index (χ1) is 25.7. The number of hydrazine groups is 1. The maximum atomic E-state index is 13.3. The van der Waals surface area contributed by atoms with Crippen molar-refractivity contribution in [2.45, 2.75) is 51.6 Å². The summed E-state index contributed by atoms with van der Waals surface area (Å²) >= 11 is 0. The summed E-state index contributed by atoms with van der Waals surface area (Å²) < 4.78 is 37.1. The smallest absolute Gasteiger partial charge is 0.337 e. The molecule has 1 aromatic rings. The van der Waals surface area contributed by atoms with Crippen LogP contribution in [0.1, 0.15) is 49.9 Å². The molecule has 0 bridgehead atoms. The van der Waals surface area contributed by atoms with E-state index < -0.39 is 29.9 Å². The summed E-state index contributed by atoms with van der Waals surface area (Å²) in [4.78, 5) is 53.6. The van der Waals surface area contributed by atoms with E-state index in [9.17, 15) is 19.2 Å². The fourth-order valence-corrected chi connectivity index (χ4v) is 4.44. The van der Waals surface area contributed by atoms with Crippen molar-refractivity contribution in [2.24, 2.45) is 16.9 Å². The molecule has 0 unspecified atom stereocenters. The van der Waals surface area contributed by atoms with E-state index in [1.807, 2.05) is 0 Å². The number of nitrogens with two attached hydrogens (primary N) is 1. The Labute approximate surface area is 311 Å². The molecule has 0 fully saturated rings. The number of carbonyl (C=O) groups is 4. The summed E-state index contributed by atoms with van der Waals surface area (Å²) in [6.07, 6.45) is 1.66. The minimum Gasteiger partial charge on any atom is -0.465 e. The summed E-state index contributed by atoms with van der Waals surface area (Å²) in [7, 11) is 1.28. The number of ether oxygens (including phenoxy) is 7. The predicted molar refractivity (Wildman–Crippen MR) is 195 cm³/mol. The van der Waals surface area contributed by atoms with Gasteiger partial charge in [-0.25, -0.2) is 4.79 Å². The predicted octanol–water partition coefficient (Wildman–Crippen LogP) is 1.47. The van der Waals surface area contributed by atoms with Crippen molar-refractivity contribution in [2.75, 3.05) is 105 Å². The van der Waals surface area contributed by atoms with E-state index in [-0.39, 0.29) is 31.5 Å². The second kappa shape index (κ2) is 31.6. The van der Waals surface area contributed by atoms with Crippen molar-refractivity contribution >= 4 is 29.4 Å². The average Bonchev–Trinajstić information content (AvgIpc) is 3.15. The summed E-state index contributed by atoms with van der Waals surface area (Å²) in [6.45, 7) is 8.89. The molecule has 1 aromatic carbocycles. The number of hydrogen-bond acceptors (Lipinski definition) is 14. The minimum atomic E-state index is -0.882. The van der Waals surface area contributed by atoms with E-state index in [4.69, 9.17) is 44.5 Å². The third-order valence-corrected chi connectivity index (χ3v) is 7.27. The fourth-order valence-electron chi connectivity index (χ4n) is 4.44. The number of rotatable bonds is 33. The molecule has 6 N–H and O–H groups in total. The molecular weight excluding hydrogens is 696 g/mol. The van der Waals surface area contributed by atoms with E-state index in [0.29, 0.717) is 110 Å².